The average molecular weight is 341 g/mol. The summed E-state index contributed by atoms with van der Waals surface area (Å²) in [6.45, 7) is 1.93. The fourth-order valence-electron chi connectivity index (χ4n) is 2.08. The standard InChI is InChI=1S/C17H15N3O3S/c1-11-5-2-3-6-13(11)19-15(21)9-12-10-24-17(18-12)20-16(22)14-7-4-8-23-14/h2-8,10H,9H2,1H3,(H,19,21)(H,18,20,22). The number of rotatable bonds is 5. The minimum absolute atomic E-state index is 0.140. The highest BCUT2D eigenvalue weighted by atomic mass is 32.1. The number of nitrogens with one attached hydrogen (secondary N) is 2. The molecular weight excluding hydrogens is 326 g/mol. The van der Waals surface area contributed by atoms with Crippen molar-refractivity contribution in [3.05, 3.63) is 65.1 Å². The van der Waals surface area contributed by atoms with Crippen LogP contribution in [0.1, 0.15) is 21.8 Å². The molecule has 0 fully saturated rings. The van der Waals surface area contributed by atoms with Crippen LogP contribution in [0.15, 0.2) is 52.5 Å². The van der Waals surface area contributed by atoms with Crippen molar-refractivity contribution in [2.24, 2.45) is 0 Å². The molecule has 0 bridgehead atoms. The number of anilines is 2. The van der Waals surface area contributed by atoms with Crippen LogP contribution in [0.5, 0.6) is 0 Å². The van der Waals surface area contributed by atoms with Gasteiger partial charge in [0.25, 0.3) is 5.91 Å². The highest BCUT2D eigenvalue weighted by Crippen LogP contribution is 2.18. The van der Waals surface area contributed by atoms with Gasteiger partial charge in [0.2, 0.25) is 5.91 Å². The lowest BCUT2D eigenvalue weighted by atomic mass is 10.2. The van der Waals surface area contributed by atoms with Crippen molar-refractivity contribution in [3.63, 3.8) is 0 Å². The molecule has 2 heterocycles. The van der Waals surface area contributed by atoms with Gasteiger partial charge in [-0.15, -0.1) is 11.3 Å². The number of hydrogen-bond acceptors (Lipinski definition) is 5. The van der Waals surface area contributed by atoms with E-state index in [4.69, 9.17) is 4.42 Å². The number of carbonyl (C=O) groups excluding carboxylic acids is 2. The Kier molecular flexibility index (Phi) is 4.72. The van der Waals surface area contributed by atoms with Crippen LogP contribution < -0.4 is 10.6 Å². The first-order valence-corrected chi connectivity index (χ1v) is 8.14. The van der Waals surface area contributed by atoms with Gasteiger partial charge in [-0.1, -0.05) is 18.2 Å². The molecule has 0 unspecified atom stereocenters. The third-order valence-electron chi connectivity index (χ3n) is 3.28. The molecule has 0 saturated heterocycles. The molecule has 1 aromatic carbocycles. The number of aryl methyl sites for hydroxylation is 1. The Bertz CT molecular complexity index is 856. The summed E-state index contributed by atoms with van der Waals surface area (Å²) >= 11 is 1.26. The molecule has 122 valence electrons. The van der Waals surface area contributed by atoms with Gasteiger partial charge in [-0.05, 0) is 30.7 Å². The molecule has 0 atom stereocenters. The molecule has 0 aliphatic rings. The Morgan fingerprint density at radius 1 is 1.17 bits per heavy atom. The Morgan fingerprint density at radius 3 is 2.75 bits per heavy atom. The summed E-state index contributed by atoms with van der Waals surface area (Å²) in [5.74, 6) is -0.312. The Hall–Kier alpha value is -2.93. The van der Waals surface area contributed by atoms with Crippen molar-refractivity contribution < 1.29 is 14.0 Å². The van der Waals surface area contributed by atoms with E-state index in [0.29, 0.717) is 10.8 Å². The number of para-hydroxylation sites is 1. The van der Waals surface area contributed by atoms with Gasteiger partial charge in [0.15, 0.2) is 10.9 Å². The van der Waals surface area contributed by atoms with E-state index < -0.39 is 0 Å². The highest BCUT2D eigenvalue weighted by molar-refractivity contribution is 7.14. The predicted molar refractivity (Wildman–Crippen MR) is 92.3 cm³/mol. The molecule has 24 heavy (non-hydrogen) atoms. The molecule has 3 aromatic rings. The topological polar surface area (TPSA) is 84.2 Å². The molecule has 2 N–H and O–H groups in total. The van der Waals surface area contributed by atoms with Gasteiger partial charge in [0.1, 0.15) is 0 Å². The molecule has 0 aliphatic heterocycles. The van der Waals surface area contributed by atoms with Crippen molar-refractivity contribution >= 4 is 34.0 Å². The Morgan fingerprint density at radius 2 is 2.00 bits per heavy atom. The smallest absolute Gasteiger partial charge is 0.293 e. The van der Waals surface area contributed by atoms with Crippen LogP contribution in [0.2, 0.25) is 0 Å². The third-order valence-corrected chi connectivity index (χ3v) is 4.08. The Balaban J connectivity index is 1.58. The number of benzene rings is 1. The summed E-state index contributed by atoms with van der Waals surface area (Å²) in [4.78, 5) is 28.2. The maximum absolute atomic E-state index is 12.1. The molecule has 0 aliphatic carbocycles. The molecule has 0 radical (unpaired) electrons. The molecule has 2 amide bonds. The normalized spacial score (nSPS) is 10.4. The second kappa shape index (κ2) is 7.10. The van der Waals surface area contributed by atoms with Crippen LogP contribution in [0.4, 0.5) is 10.8 Å². The van der Waals surface area contributed by atoms with E-state index in [-0.39, 0.29) is 24.0 Å². The van der Waals surface area contributed by atoms with Crippen LogP contribution in [0.3, 0.4) is 0 Å². The lowest BCUT2D eigenvalue weighted by molar-refractivity contribution is -0.115. The summed E-state index contributed by atoms with van der Waals surface area (Å²) in [7, 11) is 0. The SMILES string of the molecule is Cc1ccccc1NC(=O)Cc1csc(NC(=O)c2ccco2)n1. The highest BCUT2D eigenvalue weighted by Gasteiger charge is 2.13. The van der Waals surface area contributed by atoms with Crippen LogP contribution in [0.25, 0.3) is 0 Å². The van der Waals surface area contributed by atoms with Gasteiger partial charge < -0.3 is 9.73 Å². The quantitative estimate of drug-likeness (QED) is 0.744. The molecule has 6 nitrogen and oxygen atoms in total. The summed E-state index contributed by atoms with van der Waals surface area (Å²) < 4.78 is 5.02. The second-order valence-electron chi connectivity index (χ2n) is 5.12. The van der Waals surface area contributed by atoms with E-state index in [1.807, 2.05) is 31.2 Å². The lowest BCUT2D eigenvalue weighted by Gasteiger charge is -2.06. The summed E-state index contributed by atoms with van der Waals surface area (Å²) in [6, 6.07) is 10.8. The minimum atomic E-state index is -0.370. The number of amides is 2. The van der Waals surface area contributed by atoms with E-state index in [9.17, 15) is 9.59 Å². The fourth-order valence-corrected chi connectivity index (χ4v) is 2.79. The number of nitrogens with zero attached hydrogens (tertiary/aromatic N) is 1. The first-order valence-electron chi connectivity index (χ1n) is 7.26. The molecule has 0 spiro atoms. The largest absolute Gasteiger partial charge is 0.459 e. The Labute approximate surface area is 142 Å². The summed E-state index contributed by atoms with van der Waals surface area (Å²) in [5, 5.41) is 7.67. The van der Waals surface area contributed by atoms with Crippen LogP contribution in [-0.2, 0) is 11.2 Å². The van der Waals surface area contributed by atoms with Gasteiger partial charge >= 0.3 is 0 Å². The molecule has 2 aromatic heterocycles. The zero-order chi connectivity index (χ0) is 16.9. The van der Waals surface area contributed by atoms with Crippen molar-refractivity contribution in [2.75, 3.05) is 10.6 Å². The van der Waals surface area contributed by atoms with Crippen LogP contribution >= 0.6 is 11.3 Å². The van der Waals surface area contributed by atoms with Crippen LogP contribution in [-0.4, -0.2) is 16.8 Å². The number of furan rings is 1. The average Bonchev–Trinajstić information content (AvgIpc) is 3.21. The molecule has 3 rings (SSSR count). The molecule has 7 heteroatoms. The van der Waals surface area contributed by atoms with Gasteiger partial charge in [-0.2, -0.15) is 0 Å². The van der Waals surface area contributed by atoms with Crippen molar-refractivity contribution in [1.29, 1.82) is 0 Å². The van der Waals surface area contributed by atoms with E-state index in [0.717, 1.165) is 11.3 Å². The summed E-state index contributed by atoms with van der Waals surface area (Å²) in [6.07, 6.45) is 1.57. The molecular formula is C17H15N3O3S. The first-order chi connectivity index (χ1) is 11.6. The number of hydrogen-bond donors (Lipinski definition) is 2. The van der Waals surface area contributed by atoms with Gasteiger partial charge in [0.05, 0.1) is 18.4 Å². The fraction of sp³-hybridized carbons (Fsp3) is 0.118. The second-order valence-corrected chi connectivity index (χ2v) is 5.97. The first kappa shape index (κ1) is 15.9. The van der Waals surface area contributed by atoms with Crippen molar-refractivity contribution in [1.82, 2.24) is 4.98 Å². The summed E-state index contributed by atoms with van der Waals surface area (Å²) in [5.41, 5.74) is 2.38. The van der Waals surface area contributed by atoms with E-state index >= 15 is 0 Å². The number of thiazole rings is 1. The van der Waals surface area contributed by atoms with Gasteiger partial charge in [-0.25, -0.2) is 4.98 Å². The predicted octanol–water partition coefficient (Wildman–Crippen LogP) is 3.48. The maximum atomic E-state index is 12.1. The zero-order valence-electron chi connectivity index (χ0n) is 12.9. The van der Waals surface area contributed by atoms with E-state index in [1.165, 1.54) is 17.6 Å². The number of carbonyl (C=O) groups is 2. The third kappa shape index (κ3) is 3.88. The number of aromatic nitrogens is 1. The van der Waals surface area contributed by atoms with Gasteiger partial charge in [0, 0.05) is 11.1 Å². The van der Waals surface area contributed by atoms with Crippen molar-refractivity contribution in [3.8, 4) is 0 Å². The molecule has 0 saturated carbocycles. The zero-order valence-corrected chi connectivity index (χ0v) is 13.7. The minimum Gasteiger partial charge on any atom is -0.459 e. The van der Waals surface area contributed by atoms with E-state index in [1.54, 1.807) is 17.5 Å². The maximum Gasteiger partial charge on any atom is 0.293 e. The van der Waals surface area contributed by atoms with Crippen molar-refractivity contribution in [2.45, 2.75) is 13.3 Å². The van der Waals surface area contributed by atoms with E-state index in [2.05, 4.69) is 15.6 Å². The lowest BCUT2D eigenvalue weighted by Crippen LogP contribution is -2.15. The van der Waals surface area contributed by atoms with Crippen LogP contribution in [0, 0.1) is 6.92 Å². The van der Waals surface area contributed by atoms with Gasteiger partial charge in [-0.3, -0.25) is 14.9 Å². The monoisotopic (exact) mass is 341 g/mol.